The van der Waals surface area contributed by atoms with Crippen molar-refractivity contribution in [3.8, 4) is 0 Å². The van der Waals surface area contributed by atoms with Gasteiger partial charge >= 0.3 is 0 Å². The Morgan fingerprint density at radius 1 is 0.676 bits per heavy atom. The van der Waals surface area contributed by atoms with Crippen LogP contribution in [0, 0.1) is 6.92 Å². The van der Waals surface area contributed by atoms with E-state index < -0.39 is 5.91 Å². The van der Waals surface area contributed by atoms with Crippen LogP contribution in [0.3, 0.4) is 0 Å². The van der Waals surface area contributed by atoms with Gasteiger partial charge in [0.05, 0.1) is 16.8 Å². The first-order chi connectivity index (χ1) is 16.5. The zero-order valence-electron chi connectivity index (χ0n) is 18.4. The fraction of sp³-hybridized carbons (Fsp3) is 0.0357. The highest BCUT2D eigenvalue weighted by molar-refractivity contribution is 6.35. The Morgan fingerprint density at radius 3 is 2.03 bits per heavy atom. The van der Waals surface area contributed by atoms with Gasteiger partial charge in [0, 0.05) is 22.6 Å². The van der Waals surface area contributed by atoms with Gasteiger partial charge in [0.1, 0.15) is 0 Å². The minimum absolute atomic E-state index is 0.225. The summed E-state index contributed by atoms with van der Waals surface area (Å²) in [5.74, 6) is -1.18. The minimum Gasteiger partial charge on any atom is -0.356 e. The molecule has 34 heavy (non-hydrogen) atoms. The number of rotatable bonds is 5. The zero-order chi connectivity index (χ0) is 23.7. The second kappa shape index (κ2) is 8.67. The number of fused-ring (bicyclic) bond motifs is 1. The Bertz CT molecular complexity index is 1410. The second-order valence-electron chi connectivity index (χ2n) is 8.02. The molecule has 0 fully saturated rings. The first-order valence-electron chi connectivity index (χ1n) is 10.8. The van der Waals surface area contributed by atoms with Crippen LogP contribution in [0.15, 0.2) is 97.1 Å². The predicted molar refractivity (Wildman–Crippen MR) is 133 cm³/mol. The van der Waals surface area contributed by atoms with Gasteiger partial charge < -0.3 is 10.6 Å². The zero-order valence-corrected chi connectivity index (χ0v) is 18.4. The van der Waals surface area contributed by atoms with E-state index in [4.69, 9.17) is 0 Å². The molecule has 1 aliphatic heterocycles. The number of hydrogen-bond acceptors (Lipinski definition) is 4. The van der Waals surface area contributed by atoms with Crippen LogP contribution in [0.25, 0.3) is 0 Å². The van der Waals surface area contributed by atoms with Crippen LogP contribution in [0.2, 0.25) is 0 Å². The number of nitrogens with zero attached hydrogens (tertiary/aromatic N) is 1. The molecule has 0 spiro atoms. The highest BCUT2D eigenvalue weighted by Gasteiger charge is 2.37. The third-order valence-corrected chi connectivity index (χ3v) is 5.71. The van der Waals surface area contributed by atoms with Gasteiger partial charge in [-0.2, -0.15) is 0 Å². The number of benzene rings is 4. The van der Waals surface area contributed by atoms with Crippen LogP contribution in [-0.4, -0.2) is 17.7 Å². The van der Waals surface area contributed by atoms with E-state index in [1.807, 2.05) is 61.5 Å². The van der Waals surface area contributed by atoms with Crippen molar-refractivity contribution >= 4 is 40.5 Å². The lowest BCUT2D eigenvalue weighted by molar-refractivity contribution is 0.0925. The van der Waals surface area contributed by atoms with E-state index in [1.54, 1.807) is 30.3 Å². The Labute approximate surface area is 196 Å². The van der Waals surface area contributed by atoms with Crippen molar-refractivity contribution in [1.29, 1.82) is 0 Å². The minimum atomic E-state index is -0.430. The van der Waals surface area contributed by atoms with Crippen molar-refractivity contribution in [2.75, 3.05) is 15.5 Å². The number of para-hydroxylation sites is 2. The average molecular weight is 447 g/mol. The summed E-state index contributed by atoms with van der Waals surface area (Å²) in [6.07, 6.45) is 0. The summed E-state index contributed by atoms with van der Waals surface area (Å²) in [4.78, 5) is 40.0. The normalized spacial score (nSPS) is 12.4. The molecule has 0 saturated heterocycles. The molecule has 2 N–H and O–H groups in total. The molecule has 0 atom stereocenters. The lowest BCUT2D eigenvalue weighted by atomic mass is 10.1. The lowest BCUT2D eigenvalue weighted by Gasteiger charge is -2.16. The maximum absolute atomic E-state index is 13.0. The monoisotopic (exact) mass is 447 g/mol. The van der Waals surface area contributed by atoms with Gasteiger partial charge in [-0.3, -0.25) is 14.4 Å². The first kappa shape index (κ1) is 21.2. The Morgan fingerprint density at radius 2 is 1.29 bits per heavy atom. The average Bonchev–Trinajstić information content (AvgIpc) is 3.10. The number of anilines is 4. The van der Waals surface area contributed by atoms with Crippen LogP contribution in [-0.2, 0) is 0 Å². The standard InChI is InChI=1S/C28H21N3O3/c1-18-7-5-6-10-25(18)31-27(33)23-16-11-19(17-24(23)28(31)34)26(32)30-22-14-12-21(13-15-22)29-20-8-3-2-4-9-20/h2-17,29H,1H3,(H,30,32). The maximum Gasteiger partial charge on any atom is 0.266 e. The molecule has 166 valence electrons. The summed E-state index contributed by atoms with van der Waals surface area (Å²) in [6, 6.07) is 28.9. The summed E-state index contributed by atoms with van der Waals surface area (Å²) in [5.41, 5.74) is 4.66. The summed E-state index contributed by atoms with van der Waals surface area (Å²) in [6.45, 7) is 1.85. The fourth-order valence-corrected chi connectivity index (χ4v) is 3.94. The van der Waals surface area contributed by atoms with Gasteiger partial charge in [0.2, 0.25) is 0 Å². The third-order valence-electron chi connectivity index (χ3n) is 5.71. The van der Waals surface area contributed by atoms with E-state index in [0.717, 1.165) is 16.9 Å². The number of imide groups is 1. The number of carbonyl (C=O) groups excluding carboxylic acids is 3. The summed E-state index contributed by atoms with van der Waals surface area (Å²) >= 11 is 0. The van der Waals surface area contributed by atoms with Crippen LogP contribution in [0.5, 0.6) is 0 Å². The van der Waals surface area contributed by atoms with Gasteiger partial charge in [0.15, 0.2) is 0 Å². The predicted octanol–water partition coefficient (Wildman–Crippen LogP) is 5.79. The smallest absolute Gasteiger partial charge is 0.266 e. The molecule has 0 unspecified atom stereocenters. The SMILES string of the molecule is Cc1ccccc1N1C(=O)c2ccc(C(=O)Nc3ccc(Nc4ccccc4)cc3)cc2C1=O. The molecule has 0 aliphatic carbocycles. The number of nitrogens with one attached hydrogen (secondary N) is 2. The first-order valence-corrected chi connectivity index (χ1v) is 10.8. The Hall–Kier alpha value is -4.71. The molecule has 6 heteroatoms. The molecule has 0 bridgehead atoms. The highest BCUT2D eigenvalue weighted by atomic mass is 16.2. The van der Waals surface area contributed by atoms with Crippen molar-refractivity contribution in [1.82, 2.24) is 0 Å². The maximum atomic E-state index is 13.0. The van der Waals surface area contributed by atoms with E-state index >= 15 is 0 Å². The van der Waals surface area contributed by atoms with E-state index in [2.05, 4.69) is 10.6 Å². The molecule has 0 aromatic heterocycles. The molecule has 1 aliphatic rings. The van der Waals surface area contributed by atoms with Gasteiger partial charge in [-0.15, -0.1) is 0 Å². The number of hydrogen-bond donors (Lipinski definition) is 2. The molecule has 3 amide bonds. The number of amides is 3. The Balaban J connectivity index is 1.33. The molecule has 1 heterocycles. The molecule has 5 rings (SSSR count). The Kier molecular flexibility index (Phi) is 5.40. The van der Waals surface area contributed by atoms with Crippen molar-refractivity contribution in [2.45, 2.75) is 6.92 Å². The molecular weight excluding hydrogens is 426 g/mol. The number of carbonyl (C=O) groups is 3. The van der Waals surface area contributed by atoms with Gasteiger partial charge in [0.25, 0.3) is 17.7 Å². The molecule has 4 aromatic rings. The quantitative estimate of drug-likeness (QED) is 0.380. The fourth-order valence-electron chi connectivity index (χ4n) is 3.94. The second-order valence-corrected chi connectivity index (χ2v) is 8.02. The summed E-state index contributed by atoms with van der Waals surface area (Å²) in [7, 11) is 0. The topological polar surface area (TPSA) is 78.5 Å². The largest absolute Gasteiger partial charge is 0.356 e. The van der Waals surface area contributed by atoms with E-state index in [0.29, 0.717) is 22.5 Å². The summed E-state index contributed by atoms with van der Waals surface area (Å²) in [5, 5.41) is 6.13. The molecule has 0 saturated carbocycles. The number of aryl methyl sites for hydroxylation is 1. The van der Waals surface area contributed by atoms with Crippen LogP contribution < -0.4 is 15.5 Å². The van der Waals surface area contributed by atoms with E-state index in [9.17, 15) is 14.4 Å². The van der Waals surface area contributed by atoms with Crippen molar-refractivity contribution < 1.29 is 14.4 Å². The van der Waals surface area contributed by atoms with Gasteiger partial charge in [-0.05, 0) is 73.2 Å². The molecular formula is C28H21N3O3. The van der Waals surface area contributed by atoms with Crippen molar-refractivity contribution in [3.63, 3.8) is 0 Å². The van der Waals surface area contributed by atoms with Crippen molar-refractivity contribution in [2.24, 2.45) is 0 Å². The molecule has 6 nitrogen and oxygen atoms in total. The van der Waals surface area contributed by atoms with Crippen molar-refractivity contribution in [3.05, 3.63) is 119 Å². The lowest BCUT2D eigenvalue weighted by Crippen LogP contribution is -2.29. The third kappa shape index (κ3) is 3.93. The van der Waals surface area contributed by atoms with E-state index in [1.165, 1.54) is 17.0 Å². The van der Waals surface area contributed by atoms with Gasteiger partial charge in [-0.25, -0.2) is 4.90 Å². The summed E-state index contributed by atoms with van der Waals surface area (Å²) < 4.78 is 0. The van der Waals surface area contributed by atoms with Crippen LogP contribution in [0.1, 0.15) is 36.6 Å². The van der Waals surface area contributed by atoms with E-state index in [-0.39, 0.29) is 17.4 Å². The molecule has 4 aromatic carbocycles. The van der Waals surface area contributed by atoms with Gasteiger partial charge in [-0.1, -0.05) is 36.4 Å². The highest BCUT2D eigenvalue weighted by Crippen LogP contribution is 2.31. The van der Waals surface area contributed by atoms with Crippen LogP contribution in [0.4, 0.5) is 22.7 Å². The van der Waals surface area contributed by atoms with Crippen LogP contribution >= 0.6 is 0 Å². The molecule has 0 radical (unpaired) electrons.